The van der Waals surface area contributed by atoms with Crippen molar-refractivity contribution in [3.8, 4) is 11.1 Å². The molecule has 0 atom stereocenters. The summed E-state index contributed by atoms with van der Waals surface area (Å²) in [5.41, 5.74) is 3.95. The lowest BCUT2D eigenvalue weighted by Crippen LogP contribution is -2.41. The Morgan fingerprint density at radius 3 is 2.63 bits per heavy atom. The number of halogens is 1. The highest BCUT2D eigenvalue weighted by Crippen LogP contribution is 2.35. The number of carbonyl (C=O) groups is 1. The van der Waals surface area contributed by atoms with E-state index in [0.717, 1.165) is 60.3 Å². The number of carbonyl (C=O) groups excluding carboxylic acids is 1. The summed E-state index contributed by atoms with van der Waals surface area (Å²) in [6.45, 7) is 6.51. The molecule has 0 radical (unpaired) electrons. The first-order valence-corrected chi connectivity index (χ1v) is 12.2. The van der Waals surface area contributed by atoms with Gasteiger partial charge >= 0.3 is 5.63 Å². The normalized spacial score (nSPS) is 14.6. The molecule has 0 aliphatic carbocycles. The van der Waals surface area contributed by atoms with E-state index in [1.807, 2.05) is 37.3 Å². The van der Waals surface area contributed by atoms with Gasteiger partial charge in [0.15, 0.2) is 0 Å². The van der Waals surface area contributed by atoms with Crippen molar-refractivity contribution in [1.29, 1.82) is 0 Å². The maximum atomic E-state index is 12.7. The number of nitrogens with one attached hydrogen (secondary N) is 1. The number of hydrogen-bond acceptors (Lipinski definition) is 6. The third kappa shape index (κ3) is 5.12. The third-order valence-corrected chi connectivity index (χ3v) is 6.84. The maximum Gasteiger partial charge on any atom is 0.339 e. The molecule has 7 nitrogen and oxygen atoms in total. The van der Waals surface area contributed by atoms with E-state index in [9.17, 15) is 9.59 Å². The Labute approximate surface area is 207 Å². The Hall–Kier alpha value is -3.13. The summed E-state index contributed by atoms with van der Waals surface area (Å²) in [6, 6.07) is 11.3. The largest absolute Gasteiger partial charge is 0.464 e. The zero-order valence-electron chi connectivity index (χ0n) is 19.6. The van der Waals surface area contributed by atoms with Gasteiger partial charge in [0.1, 0.15) is 11.2 Å². The monoisotopic (exact) mass is 494 g/mol. The van der Waals surface area contributed by atoms with Crippen molar-refractivity contribution in [2.24, 2.45) is 0 Å². The van der Waals surface area contributed by atoms with Gasteiger partial charge in [-0.15, -0.1) is 0 Å². The van der Waals surface area contributed by atoms with Gasteiger partial charge in [-0.2, -0.15) is 0 Å². The highest BCUT2D eigenvalue weighted by atomic mass is 35.5. The van der Waals surface area contributed by atoms with Crippen molar-refractivity contribution < 1.29 is 18.4 Å². The van der Waals surface area contributed by atoms with Crippen LogP contribution >= 0.6 is 11.6 Å². The SMILES string of the molecule is Cc1c(CCC(=O)NCCN2CCOCC2)c(=O)oc2cc3occ(-c4ccc(Cl)cc4)c3cc12. The zero-order valence-corrected chi connectivity index (χ0v) is 20.3. The Bertz CT molecular complexity index is 1420. The predicted molar refractivity (Wildman–Crippen MR) is 136 cm³/mol. The number of fused-ring (bicyclic) bond motifs is 2. The number of ether oxygens (including phenoxy) is 1. The van der Waals surface area contributed by atoms with Gasteiger partial charge in [-0.05, 0) is 42.7 Å². The lowest BCUT2D eigenvalue weighted by atomic mass is 9.99. The smallest absolute Gasteiger partial charge is 0.339 e. The van der Waals surface area contributed by atoms with E-state index in [-0.39, 0.29) is 12.3 Å². The number of morpholine rings is 1. The van der Waals surface area contributed by atoms with Crippen LogP contribution in [-0.2, 0) is 16.0 Å². The lowest BCUT2D eigenvalue weighted by Gasteiger charge is -2.26. The molecular weight excluding hydrogens is 468 g/mol. The summed E-state index contributed by atoms with van der Waals surface area (Å²) in [6.07, 6.45) is 2.24. The van der Waals surface area contributed by atoms with Crippen LogP contribution in [0.5, 0.6) is 0 Å². The highest BCUT2D eigenvalue weighted by Gasteiger charge is 2.17. The fourth-order valence-electron chi connectivity index (χ4n) is 4.56. The molecule has 5 rings (SSSR count). The van der Waals surface area contributed by atoms with Crippen LogP contribution in [0, 0.1) is 6.92 Å². The van der Waals surface area contributed by atoms with E-state index in [0.29, 0.717) is 34.7 Å². The van der Waals surface area contributed by atoms with Gasteiger partial charge in [0, 0.05) is 65.6 Å². The Balaban J connectivity index is 1.34. The van der Waals surface area contributed by atoms with Crippen molar-refractivity contribution >= 4 is 39.4 Å². The Kier molecular flexibility index (Phi) is 6.90. The number of hydrogen-bond donors (Lipinski definition) is 1. The van der Waals surface area contributed by atoms with Crippen molar-refractivity contribution in [2.45, 2.75) is 19.8 Å². The molecule has 35 heavy (non-hydrogen) atoms. The van der Waals surface area contributed by atoms with Crippen LogP contribution in [-0.4, -0.2) is 50.2 Å². The first-order valence-electron chi connectivity index (χ1n) is 11.8. The maximum absolute atomic E-state index is 12.7. The summed E-state index contributed by atoms with van der Waals surface area (Å²) >= 11 is 6.04. The molecule has 1 aliphatic rings. The molecule has 2 aromatic carbocycles. The van der Waals surface area contributed by atoms with E-state index in [1.165, 1.54) is 0 Å². The number of aryl methyl sites for hydroxylation is 1. The van der Waals surface area contributed by atoms with Gasteiger partial charge < -0.3 is 18.9 Å². The van der Waals surface area contributed by atoms with E-state index in [2.05, 4.69) is 10.2 Å². The molecule has 8 heteroatoms. The number of nitrogens with zero attached hydrogens (tertiary/aromatic N) is 1. The zero-order chi connectivity index (χ0) is 24.4. The third-order valence-electron chi connectivity index (χ3n) is 6.59. The Morgan fingerprint density at radius 1 is 1.09 bits per heavy atom. The lowest BCUT2D eigenvalue weighted by molar-refractivity contribution is -0.121. The van der Waals surface area contributed by atoms with Gasteiger partial charge in [0.25, 0.3) is 0 Å². The van der Waals surface area contributed by atoms with Crippen LogP contribution in [0.1, 0.15) is 17.5 Å². The summed E-state index contributed by atoms with van der Waals surface area (Å²) in [7, 11) is 0. The fraction of sp³-hybridized carbons (Fsp3) is 0.333. The predicted octanol–water partition coefficient (Wildman–Crippen LogP) is 4.55. The van der Waals surface area contributed by atoms with Gasteiger partial charge in [-0.1, -0.05) is 23.7 Å². The standard InChI is InChI=1S/C27H27ClN2O5/c1-17-20(6-7-26(31)29-8-9-30-10-12-33-13-11-30)27(32)35-25-15-24-22(14-21(17)25)23(16-34-24)18-2-4-19(28)5-3-18/h2-5,14-16H,6-13H2,1H3,(H,29,31). The van der Waals surface area contributed by atoms with E-state index >= 15 is 0 Å². The minimum atomic E-state index is -0.417. The second kappa shape index (κ2) is 10.2. The van der Waals surface area contributed by atoms with Gasteiger partial charge in [0.2, 0.25) is 5.91 Å². The van der Waals surface area contributed by atoms with E-state index in [1.54, 1.807) is 12.3 Å². The Morgan fingerprint density at radius 2 is 1.86 bits per heavy atom. The number of rotatable bonds is 7. The molecule has 1 aliphatic heterocycles. The van der Waals surface area contributed by atoms with Gasteiger partial charge in [-0.25, -0.2) is 4.79 Å². The fourth-order valence-corrected chi connectivity index (χ4v) is 4.68. The molecule has 1 N–H and O–H groups in total. The van der Waals surface area contributed by atoms with Crippen LogP contribution in [0.2, 0.25) is 5.02 Å². The molecule has 0 spiro atoms. The first-order chi connectivity index (χ1) is 17.0. The molecule has 0 saturated carbocycles. The second-order valence-electron chi connectivity index (χ2n) is 8.80. The van der Waals surface area contributed by atoms with Crippen molar-refractivity contribution in [1.82, 2.24) is 10.2 Å². The summed E-state index contributed by atoms with van der Waals surface area (Å²) in [5.74, 6) is -0.0764. The van der Waals surface area contributed by atoms with Crippen LogP contribution in [0.25, 0.3) is 33.1 Å². The molecular formula is C27H27ClN2O5. The van der Waals surface area contributed by atoms with Crippen molar-refractivity contribution in [3.63, 3.8) is 0 Å². The average molecular weight is 495 g/mol. The topological polar surface area (TPSA) is 84.9 Å². The first kappa shape index (κ1) is 23.6. The molecule has 0 unspecified atom stereocenters. The summed E-state index contributed by atoms with van der Waals surface area (Å²) in [4.78, 5) is 27.4. The number of benzene rings is 2. The molecule has 1 saturated heterocycles. The summed E-state index contributed by atoms with van der Waals surface area (Å²) in [5, 5.41) is 5.37. The van der Waals surface area contributed by atoms with Crippen LogP contribution < -0.4 is 10.9 Å². The second-order valence-corrected chi connectivity index (χ2v) is 9.23. The molecule has 4 aromatic rings. The molecule has 3 heterocycles. The highest BCUT2D eigenvalue weighted by molar-refractivity contribution is 6.30. The van der Waals surface area contributed by atoms with Crippen molar-refractivity contribution in [3.05, 3.63) is 69.2 Å². The number of furan rings is 1. The van der Waals surface area contributed by atoms with Crippen LogP contribution in [0.3, 0.4) is 0 Å². The number of amides is 1. The quantitative estimate of drug-likeness (QED) is 0.379. The molecule has 2 aromatic heterocycles. The average Bonchev–Trinajstić information content (AvgIpc) is 3.27. The molecule has 0 bridgehead atoms. The molecule has 182 valence electrons. The molecule has 1 fully saturated rings. The molecule has 1 amide bonds. The van der Waals surface area contributed by atoms with E-state index < -0.39 is 5.63 Å². The van der Waals surface area contributed by atoms with Gasteiger partial charge in [-0.3, -0.25) is 9.69 Å². The van der Waals surface area contributed by atoms with Crippen LogP contribution in [0.15, 0.2) is 56.3 Å². The van der Waals surface area contributed by atoms with Crippen LogP contribution in [0.4, 0.5) is 0 Å². The minimum absolute atomic E-state index is 0.0764. The van der Waals surface area contributed by atoms with E-state index in [4.69, 9.17) is 25.2 Å². The summed E-state index contributed by atoms with van der Waals surface area (Å²) < 4.78 is 16.7. The van der Waals surface area contributed by atoms with Gasteiger partial charge in [0.05, 0.1) is 19.5 Å². The minimum Gasteiger partial charge on any atom is -0.464 e. The van der Waals surface area contributed by atoms with Crippen molar-refractivity contribution in [2.75, 3.05) is 39.4 Å².